The van der Waals surface area contributed by atoms with Crippen molar-refractivity contribution in [2.45, 2.75) is 71.1 Å². The Kier molecular flexibility index (Phi) is 6.54. The van der Waals surface area contributed by atoms with E-state index in [1.165, 1.54) is 18.4 Å². The highest BCUT2D eigenvalue weighted by atomic mass is 16.1. The van der Waals surface area contributed by atoms with Crippen LogP contribution in [0.2, 0.25) is 0 Å². The molecule has 176 valence electrons. The Hall–Kier alpha value is -3.32. The molecule has 0 saturated heterocycles. The van der Waals surface area contributed by atoms with Crippen LogP contribution < -0.4 is 5.56 Å². The summed E-state index contributed by atoms with van der Waals surface area (Å²) in [5.74, 6) is 0.901. The summed E-state index contributed by atoms with van der Waals surface area (Å²) < 4.78 is 2.05. The molecule has 0 amide bonds. The van der Waals surface area contributed by atoms with Crippen LogP contribution in [0.5, 0.6) is 0 Å². The summed E-state index contributed by atoms with van der Waals surface area (Å²) in [4.78, 5) is 18.5. The molecule has 7 nitrogen and oxygen atoms in total. The molecule has 2 aromatic carbocycles. The SMILES string of the molecule is CCC(c1nnnn1C1CCCC1)N(Cc1ccccc1)Cc1cc2ccc(C)cc2[nH]c1=O. The molecule has 1 aliphatic rings. The molecule has 1 fully saturated rings. The lowest BCUT2D eigenvalue weighted by Gasteiger charge is -2.31. The minimum atomic E-state index is -0.0404. The van der Waals surface area contributed by atoms with Crippen molar-refractivity contribution in [1.82, 2.24) is 30.1 Å². The van der Waals surface area contributed by atoms with Crippen LogP contribution >= 0.6 is 0 Å². The maximum Gasteiger partial charge on any atom is 0.252 e. The summed E-state index contributed by atoms with van der Waals surface area (Å²) in [6, 6.07) is 19.0. The maximum atomic E-state index is 13.1. The fourth-order valence-corrected chi connectivity index (χ4v) is 5.22. The molecule has 1 N–H and O–H groups in total. The zero-order valence-electron chi connectivity index (χ0n) is 19.9. The molecule has 1 aliphatic carbocycles. The summed E-state index contributed by atoms with van der Waals surface area (Å²) in [5.41, 5.74) is 3.92. The van der Waals surface area contributed by atoms with E-state index >= 15 is 0 Å². The van der Waals surface area contributed by atoms with E-state index in [9.17, 15) is 4.79 Å². The van der Waals surface area contributed by atoms with Gasteiger partial charge in [0, 0.05) is 24.2 Å². The Labute approximate surface area is 199 Å². The van der Waals surface area contributed by atoms with Crippen LogP contribution in [-0.4, -0.2) is 30.1 Å². The Balaban J connectivity index is 1.52. The highest BCUT2D eigenvalue weighted by molar-refractivity contribution is 5.79. The Morgan fingerprint density at radius 3 is 2.65 bits per heavy atom. The first kappa shape index (κ1) is 22.5. The minimum absolute atomic E-state index is 0.00363. The van der Waals surface area contributed by atoms with E-state index in [0.717, 1.165) is 47.1 Å². The molecule has 7 heteroatoms. The van der Waals surface area contributed by atoms with Crippen molar-refractivity contribution in [3.63, 3.8) is 0 Å². The summed E-state index contributed by atoms with van der Waals surface area (Å²) >= 11 is 0. The quantitative estimate of drug-likeness (QED) is 0.399. The number of aryl methyl sites for hydroxylation is 1. The van der Waals surface area contributed by atoms with Gasteiger partial charge in [0.05, 0.1) is 12.1 Å². The molecule has 2 aromatic heterocycles. The monoisotopic (exact) mass is 456 g/mol. The number of aromatic amines is 1. The van der Waals surface area contributed by atoms with Gasteiger partial charge >= 0.3 is 0 Å². The van der Waals surface area contributed by atoms with Crippen molar-refractivity contribution in [3.05, 3.63) is 87.5 Å². The van der Waals surface area contributed by atoms with E-state index in [1.807, 2.05) is 29.8 Å². The summed E-state index contributed by atoms with van der Waals surface area (Å²) in [7, 11) is 0. The van der Waals surface area contributed by atoms with E-state index in [1.54, 1.807) is 0 Å². The summed E-state index contributed by atoms with van der Waals surface area (Å²) in [6.45, 7) is 5.43. The zero-order chi connectivity index (χ0) is 23.5. The number of hydrogen-bond acceptors (Lipinski definition) is 5. The van der Waals surface area contributed by atoms with Crippen LogP contribution in [0.3, 0.4) is 0 Å². The topological polar surface area (TPSA) is 79.7 Å². The van der Waals surface area contributed by atoms with E-state index in [4.69, 9.17) is 0 Å². The summed E-state index contributed by atoms with van der Waals surface area (Å²) in [6.07, 6.45) is 5.54. The molecule has 0 radical (unpaired) electrons. The van der Waals surface area contributed by atoms with Gasteiger partial charge in [-0.3, -0.25) is 9.69 Å². The normalized spacial score (nSPS) is 15.4. The van der Waals surface area contributed by atoms with Crippen molar-refractivity contribution in [3.8, 4) is 0 Å². The van der Waals surface area contributed by atoms with Gasteiger partial charge in [-0.2, -0.15) is 0 Å². The van der Waals surface area contributed by atoms with Crippen LogP contribution in [-0.2, 0) is 13.1 Å². The van der Waals surface area contributed by atoms with Crippen LogP contribution in [0.4, 0.5) is 0 Å². The summed E-state index contributed by atoms with van der Waals surface area (Å²) in [5, 5.41) is 14.0. The fourth-order valence-electron chi connectivity index (χ4n) is 5.22. The highest BCUT2D eigenvalue weighted by Crippen LogP contribution is 2.33. The molecular formula is C27H32N6O. The third-order valence-electron chi connectivity index (χ3n) is 6.99. The van der Waals surface area contributed by atoms with Gasteiger partial charge in [-0.1, -0.05) is 62.2 Å². The number of pyridine rings is 1. The third-order valence-corrected chi connectivity index (χ3v) is 6.99. The van der Waals surface area contributed by atoms with Gasteiger partial charge in [-0.25, -0.2) is 4.68 Å². The second-order valence-corrected chi connectivity index (χ2v) is 9.45. The van der Waals surface area contributed by atoms with Gasteiger partial charge in [0.1, 0.15) is 0 Å². The van der Waals surface area contributed by atoms with Crippen molar-refractivity contribution in [1.29, 1.82) is 0 Å². The van der Waals surface area contributed by atoms with Crippen LogP contribution in [0.25, 0.3) is 10.9 Å². The van der Waals surface area contributed by atoms with Crippen LogP contribution in [0, 0.1) is 6.92 Å². The van der Waals surface area contributed by atoms with Crippen molar-refractivity contribution in [2.75, 3.05) is 0 Å². The van der Waals surface area contributed by atoms with Gasteiger partial charge < -0.3 is 4.98 Å². The standard InChI is InChI=1S/C27H32N6O/c1-3-25(26-29-30-31-33(26)23-11-7-8-12-23)32(17-20-9-5-4-6-10-20)18-22-16-21-14-13-19(2)15-24(21)28-27(22)34/h4-6,9-10,13-16,23,25H,3,7-8,11-12,17-18H2,1-2H3,(H,28,34). The van der Waals surface area contributed by atoms with E-state index in [-0.39, 0.29) is 11.6 Å². The number of tetrazole rings is 1. The molecule has 0 aliphatic heterocycles. The third kappa shape index (κ3) is 4.66. The molecule has 1 saturated carbocycles. The molecule has 2 heterocycles. The fraction of sp³-hybridized carbons (Fsp3) is 0.407. The lowest BCUT2D eigenvalue weighted by molar-refractivity contribution is 0.158. The molecular weight excluding hydrogens is 424 g/mol. The first-order chi connectivity index (χ1) is 16.6. The number of rotatable bonds is 8. The molecule has 1 unspecified atom stereocenters. The first-order valence-electron chi connectivity index (χ1n) is 12.3. The van der Waals surface area contributed by atoms with Crippen molar-refractivity contribution >= 4 is 10.9 Å². The number of hydrogen-bond donors (Lipinski definition) is 1. The van der Waals surface area contributed by atoms with E-state index in [0.29, 0.717) is 19.1 Å². The number of fused-ring (bicyclic) bond motifs is 1. The number of benzene rings is 2. The average molecular weight is 457 g/mol. The zero-order valence-corrected chi connectivity index (χ0v) is 19.9. The number of nitrogens with zero attached hydrogens (tertiary/aromatic N) is 5. The maximum absolute atomic E-state index is 13.1. The number of aromatic nitrogens is 5. The van der Waals surface area contributed by atoms with Gasteiger partial charge in [0.15, 0.2) is 5.82 Å². The molecule has 0 spiro atoms. The second kappa shape index (κ2) is 9.89. The van der Waals surface area contributed by atoms with Crippen molar-refractivity contribution < 1.29 is 0 Å². The van der Waals surface area contributed by atoms with Crippen LogP contribution in [0.1, 0.15) is 73.6 Å². The number of H-pyrrole nitrogens is 1. The largest absolute Gasteiger partial charge is 0.322 e. The molecule has 5 rings (SSSR count). The lowest BCUT2D eigenvalue weighted by atomic mass is 10.1. The second-order valence-electron chi connectivity index (χ2n) is 9.45. The Morgan fingerprint density at radius 2 is 1.88 bits per heavy atom. The predicted octanol–water partition coefficient (Wildman–Crippen LogP) is 5.09. The highest BCUT2D eigenvalue weighted by Gasteiger charge is 2.29. The van der Waals surface area contributed by atoms with E-state index < -0.39 is 0 Å². The molecule has 34 heavy (non-hydrogen) atoms. The Morgan fingerprint density at radius 1 is 1.09 bits per heavy atom. The molecule has 4 aromatic rings. The van der Waals surface area contributed by atoms with Crippen molar-refractivity contribution in [2.24, 2.45) is 0 Å². The average Bonchev–Trinajstić information content (AvgIpc) is 3.53. The lowest BCUT2D eigenvalue weighted by Crippen LogP contribution is -2.32. The van der Waals surface area contributed by atoms with Gasteiger partial charge in [0.25, 0.3) is 5.56 Å². The number of nitrogens with one attached hydrogen (secondary N) is 1. The predicted molar refractivity (Wildman–Crippen MR) is 133 cm³/mol. The van der Waals surface area contributed by atoms with Gasteiger partial charge in [-0.05, 0) is 65.3 Å². The first-order valence-corrected chi connectivity index (χ1v) is 12.3. The van der Waals surface area contributed by atoms with Gasteiger partial charge in [-0.15, -0.1) is 5.10 Å². The molecule has 1 atom stereocenters. The smallest absolute Gasteiger partial charge is 0.252 e. The van der Waals surface area contributed by atoms with E-state index in [2.05, 4.69) is 68.7 Å². The van der Waals surface area contributed by atoms with Crippen LogP contribution in [0.15, 0.2) is 59.4 Å². The Bertz CT molecular complexity index is 1310. The van der Waals surface area contributed by atoms with Gasteiger partial charge in [0.2, 0.25) is 0 Å². The molecule has 0 bridgehead atoms. The minimum Gasteiger partial charge on any atom is -0.322 e.